The third kappa shape index (κ3) is 4.89. The zero-order chi connectivity index (χ0) is 19.9. The number of carbonyl (C=O) groups excluding carboxylic acids is 2. The molecule has 0 spiro atoms. The van der Waals surface area contributed by atoms with E-state index in [-0.39, 0.29) is 18.2 Å². The van der Waals surface area contributed by atoms with Crippen LogP contribution in [-0.4, -0.2) is 59.6 Å². The van der Waals surface area contributed by atoms with E-state index in [1.165, 1.54) is 0 Å². The highest BCUT2D eigenvalue weighted by atomic mass is 16.5. The Morgan fingerprint density at radius 1 is 1.39 bits per heavy atom. The maximum Gasteiger partial charge on any atom is 0.237 e. The Morgan fingerprint density at radius 2 is 2.21 bits per heavy atom. The van der Waals surface area contributed by atoms with Crippen molar-refractivity contribution in [3.8, 4) is 5.75 Å². The monoisotopic (exact) mass is 386 g/mol. The third-order valence-corrected chi connectivity index (χ3v) is 4.77. The van der Waals surface area contributed by atoms with E-state index in [4.69, 9.17) is 9.26 Å². The van der Waals surface area contributed by atoms with Gasteiger partial charge in [0.25, 0.3) is 0 Å². The first-order chi connectivity index (χ1) is 13.6. The minimum atomic E-state index is -0.520. The molecule has 1 N–H and O–H groups in total. The first-order valence-corrected chi connectivity index (χ1v) is 9.44. The summed E-state index contributed by atoms with van der Waals surface area (Å²) in [6.45, 7) is 4.63. The molecule has 150 valence electrons. The van der Waals surface area contributed by atoms with E-state index in [9.17, 15) is 9.59 Å². The largest absolute Gasteiger partial charge is 0.494 e. The van der Waals surface area contributed by atoms with Crippen molar-refractivity contribution in [2.75, 3.05) is 26.7 Å². The number of para-hydroxylation sites is 1. The zero-order valence-corrected chi connectivity index (χ0v) is 16.3. The number of carbonyl (C=O) groups is 2. The van der Waals surface area contributed by atoms with Crippen LogP contribution in [0.15, 0.2) is 41.1 Å². The molecule has 0 radical (unpaired) electrons. The second-order valence-electron chi connectivity index (χ2n) is 6.75. The number of ether oxygens (including phenoxy) is 1. The van der Waals surface area contributed by atoms with Crippen molar-refractivity contribution >= 4 is 11.8 Å². The quantitative estimate of drug-likeness (QED) is 0.738. The van der Waals surface area contributed by atoms with Crippen molar-refractivity contribution in [1.82, 2.24) is 20.3 Å². The zero-order valence-electron chi connectivity index (χ0n) is 16.3. The summed E-state index contributed by atoms with van der Waals surface area (Å²) in [6.07, 6.45) is 1.65. The summed E-state index contributed by atoms with van der Waals surface area (Å²) in [5.41, 5.74) is 1.01. The van der Waals surface area contributed by atoms with Crippen LogP contribution in [0, 0.1) is 0 Å². The molecule has 1 saturated heterocycles. The molecule has 0 bridgehead atoms. The molecule has 3 rings (SSSR count). The molecule has 28 heavy (non-hydrogen) atoms. The number of amides is 2. The molecule has 1 aromatic heterocycles. The average Bonchev–Trinajstić information content (AvgIpc) is 3.19. The second-order valence-corrected chi connectivity index (χ2v) is 6.75. The highest BCUT2D eigenvalue weighted by Crippen LogP contribution is 2.22. The number of hydrogen-bond acceptors (Lipinski definition) is 6. The SMILES string of the molecule is CCOc1ccccc1CN1CCNC(=O)[C@@H]1CC(=O)N(C)Cc1ccno1. The first-order valence-electron chi connectivity index (χ1n) is 9.44. The van der Waals surface area contributed by atoms with Crippen LogP contribution in [-0.2, 0) is 22.7 Å². The summed E-state index contributed by atoms with van der Waals surface area (Å²) >= 11 is 0. The predicted octanol–water partition coefficient (Wildman–Crippen LogP) is 1.42. The van der Waals surface area contributed by atoms with E-state index in [1.807, 2.05) is 36.1 Å². The molecule has 0 unspecified atom stereocenters. The van der Waals surface area contributed by atoms with Gasteiger partial charge in [0.15, 0.2) is 5.76 Å². The number of nitrogens with one attached hydrogen (secondary N) is 1. The number of nitrogens with zero attached hydrogens (tertiary/aromatic N) is 3. The van der Waals surface area contributed by atoms with Gasteiger partial charge in [-0.05, 0) is 13.0 Å². The van der Waals surface area contributed by atoms with Gasteiger partial charge in [0.2, 0.25) is 11.8 Å². The standard InChI is InChI=1S/C20H26N4O4/c1-3-27-18-7-5-4-6-15(18)13-24-11-10-21-20(26)17(24)12-19(25)23(2)14-16-8-9-22-28-16/h4-9,17H,3,10-14H2,1-2H3,(H,21,26)/t17-/m0/s1. The van der Waals surface area contributed by atoms with Crippen LogP contribution in [0.2, 0.25) is 0 Å². The predicted molar refractivity (Wildman–Crippen MR) is 102 cm³/mol. The Morgan fingerprint density at radius 3 is 2.96 bits per heavy atom. The minimum Gasteiger partial charge on any atom is -0.494 e. The van der Waals surface area contributed by atoms with Crippen LogP contribution < -0.4 is 10.1 Å². The van der Waals surface area contributed by atoms with Crippen LogP contribution in [0.5, 0.6) is 5.75 Å². The highest BCUT2D eigenvalue weighted by molar-refractivity contribution is 5.88. The minimum absolute atomic E-state index is 0.104. The van der Waals surface area contributed by atoms with Crippen LogP contribution in [0.3, 0.4) is 0 Å². The van der Waals surface area contributed by atoms with Gasteiger partial charge in [-0.2, -0.15) is 0 Å². The van der Waals surface area contributed by atoms with Gasteiger partial charge in [-0.1, -0.05) is 23.4 Å². The summed E-state index contributed by atoms with van der Waals surface area (Å²) in [5, 5.41) is 6.51. The lowest BCUT2D eigenvalue weighted by molar-refractivity contribution is -0.138. The Bertz CT molecular complexity index is 793. The van der Waals surface area contributed by atoms with Crippen LogP contribution in [0.4, 0.5) is 0 Å². The maximum atomic E-state index is 12.7. The highest BCUT2D eigenvalue weighted by Gasteiger charge is 2.33. The molecular formula is C20H26N4O4. The van der Waals surface area contributed by atoms with Crippen LogP contribution in [0.1, 0.15) is 24.7 Å². The van der Waals surface area contributed by atoms with E-state index in [1.54, 1.807) is 24.2 Å². The Hall–Kier alpha value is -2.87. The summed E-state index contributed by atoms with van der Waals surface area (Å²) < 4.78 is 10.8. The van der Waals surface area contributed by atoms with Gasteiger partial charge in [0.05, 0.1) is 31.8 Å². The Kier molecular flexibility index (Phi) is 6.65. The van der Waals surface area contributed by atoms with E-state index in [0.29, 0.717) is 38.5 Å². The molecule has 1 fully saturated rings. The van der Waals surface area contributed by atoms with Crippen LogP contribution in [0.25, 0.3) is 0 Å². The molecule has 2 amide bonds. The summed E-state index contributed by atoms with van der Waals surface area (Å²) in [7, 11) is 1.69. The Balaban J connectivity index is 1.68. The summed E-state index contributed by atoms with van der Waals surface area (Å²) in [4.78, 5) is 28.8. The summed E-state index contributed by atoms with van der Waals surface area (Å²) in [5.74, 6) is 1.16. The molecule has 8 heteroatoms. The van der Waals surface area contributed by atoms with E-state index in [2.05, 4.69) is 10.5 Å². The van der Waals surface area contributed by atoms with Gasteiger partial charge in [-0.15, -0.1) is 0 Å². The topological polar surface area (TPSA) is 87.9 Å². The lowest BCUT2D eigenvalue weighted by Gasteiger charge is -2.35. The van der Waals surface area contributed by atoms with Gasteiger partial charge in [0, 0.05) is 38.3 Å². The van der Waals surface area contributed by atoms with Crippen molar-refractivity contribution in [3.05, 3.63) is 47.9 Å². The molecule has 1 aromatic carbocycles. The number of benzene rings is 1. The lowest BCUT2D eigenvalue weighted by Crippen LogP contribution is -2.56. The molecule has 1 aliphatic rings. The fourth-order valence-corrected chi connectivity index (χ4v) is 3.29. The van der Waals surface area contributed by atoms with Crippen LogP contribution >= 0.6 is 0 Å². The maximum absolute atomic E-state index is 12.7. The van der Waals surface area contributed by atoms with Crippen molar-refractivity contribution in [3.63, 3.8) is 0 Å². The molecule has 0 aliphatic carbocycles. The molecule has 2 aromatic rings. The second kappa shape index (κ2) is 9.36. The molecule has 1 aliphatic heterocycles. The van der Waals surface area contributed by atoms with E-state index in [0.717, 1.165) is 11.3 Å². The molecule has 0 saturated carbocycles. The van der Waals surface area contributed by atoms with E-state index >= 15 is 0 Å². The molecule has 2 heterocycles. The lowest BCUT2D eigenvalue weighted by atomic mass is 10.1. The van der Waals surface area contributed by atoms with E-state index < -0.39 is 6.04 Å². The van der Waals surface area contributed by atoms with Crippen molar-refractivity contribution in [2.24, 2.45) is 0 Å². The average molecular weight is 386 g/mol. The number of piperazine rings is 1. The number of aromatic nitrogens is 1. The van der Waals surface area contributed by atoms with Crippen molar-refractivity contribution in [2.45, 2.75) is 32.5 Å². The van der Waals surface area contributed by atoms with Gasteiger partial charge in [-0.3, -0.25) is 14.5 Å². The summed E-state index contributed by atoms with van der Waals surface area (Å²) in [6, 6.07) is 8.99. The molecular weight excluding hydrogens is 360 g/mol. The fourth-order valence-electron chi connectivity index (χ4n) is 3.29. The van der Waals surface area contributed by atoms with Gasteiger partial charge < -0.3 is 19.5 Å². The Labute approximate surface area is 164 Å². The number of rotatable bonds is 8. The van der Waals surface area contributed by atoms with Crippen molar-refractivity contribution in [1.29, 1.82) is 0 Å². The van der Waals surface area contributed by atoms with Gasteiger partial charge in [0.1, 0.15) is 5.75 Å². The van der Waals surface area contributed by atoms with Gasteiger partial charge in [-0.25, -0.2) is 0 Å². The third-order valence-electron chi connectivity index (χ3n) is 4.77. The van der Waals surface area contributed by atoms with Gasteiger partial charge >= 0.3 is 0 Å². The fraction of sp³-hybridized carbons (Fsp3) is 0.450. The smallest absolute Gasteiger partial charge is 0.237 e. The molecule has 8 nitrogen and oxygen atoms in total. The first kappa shape index (κ1) is 19.9. The molecule has 1 atom stereocenters. The van der Waals surface area contributed by atoms with Crippen molar-refractivity contribution < 1.29 is 18.8 Å². The normalized spacial score (nSPS) is 17.2. The number of hydrogen-bond donors (Lipinski definition) is 1.